The minimum absolute atomic E-state index is 0.570. The first-order chi connectivity index (χ1) is 8.16. The summed E-state index contributed by atoms with van der Waals surface area (Å²) >= 11 is 0. The maximum absolute atomic E-state index is 5.41. The van der Waals surface area contributed by atoms with Crippen molar-refractivity contribution in [3.05, 3.63) is 24.2 Å². The predicted molar refractivity (Wildman–Crippen MR) is 69.8 cm³/mol. The third-order valence-electron chi connectivity index (χ3n) is 3.51. The van der Waals surface area contributed by atoms with Crippen LogP contribution in [0.15, 0.2) is 22.8 Å². The normalized spacial score (nSPS) is 17.9. The standard InChI is InChI=1S/C14H24N2O/c1-11(2)14(9-15-12-6-7-12)16(3)10-13-5-4-8-17-13/h4-5,8,11-12,14-15H,6-7,9-10H2,1-3H3. The van der Waals surface area contributed by atoms with E-state index in [1.165, 1.54) is 12.8 Å². The van der Waals surface area contributed by atoms with E-state index in [-0.39, 0.29) is 0 Å². The molecule has 3 heteroatoms. The van der Waals surface area contributed by atoms with Gasteiger partial charge in [0.15, 0.2) is 0 Å². The van der Waals surface area contributed by atoms with Crippen LogP contribution in [0.2, 0.25) is 0 Å². The highest BCUT2D eigenvalue weighted by molar-refractivity contribution is 4.98. The van der Waals surface area contributed by atoms with E-state index in [0.717, 1.165) is 24.9 Å². The Labute approximate surface area is 104 Å². The molecule has 1 unspecified atom stereocenters. The van der Waals surface area contributed by atoms with Gasteiger partial charge in [-0.3, -0.25) is 4.90 Å². The average molecular weight is 236 g/mol. The molecular weight excluding hydrogens is 212 g/mol. The molecule has 1 heterocycles. The van der Waals surface area contributed by atoms with Gasteiger partial charge >= 0.3 is 0 Å². The summed E-state index contributed by atoms with van der Waals surface area (Å²) in [5.41, 5.74) is 0. The summed E-state index contributed by atoms with van der Waals surface area (Å²) in [5.74, 6) is 1.70. The van der Waals surface area contributed by atoms with Crippen LogP contribution in [0.25, 0.3) is 0 Å². The predicted octanol–water partition coefficient (Wildman–Crippen LogP) is 2.49. The van der Waals surface area contributed by atoms with Crippen molar-refractivity contribution in [1.29, 1.82) is 0 Å². The lowest BCUT2D eigenvalue weighted by Gasteiger charge is -2.31. The molecule has 1 saturated carbocycles. The SMILES string of the molecule is CC(C)C(CNC1CC1)N(C)Cc1ccco1. The molecule has 1 atom stereocenters. The minimum Gasteiger partial charge on any atom is -0.468 e. The van der Waals surface area contributed by atoms with Gasteiger partial charge in [-0.05, 0) is 37.9 Å². The number of hydrogen-bond donors (Lipinski definition) is 1. The molecule has 1 aliphatic rings. The number of nitrogens with one attached hydrogen (secondary N) is 1. The third kappa shape index (κ3) is 3.86. The Morgan fingerprint density at radius 2 is 2.24 bits per heavy atom. The van der Waals surface area contributed by atoms with Crippen molar-refractivity contribution in [2.75, 3.05) is 13.6 Å². The average Bonchev–Trinajstić information content (AvgIpc) is 2.95. The lowest BCUT2D eigenvalue weighted by molar-refractivity contribution is 0.168. The van der Waals surface area contributed by atoms with Crippen molar-refractivity contribution in [2.24, 2.45) is 5.92 Å². The summed E-state index contributed by atoms with van der Waals surface area (Å²) in [6, 6.07) is 5.35. The fourth-order valence-corrected chi connectivity index (χ4v) is 2.24. The van der Waals surface area contributed by atoms with Crippen molar-refractivity contribution in [3.63, 3.8) is 0 Å². The Kier molecular flexibility index (Phi) is 4.24. The van der Waals surface area contributed by atoms with Gasteiger partial charge in [-0.2, -0.15) is 0 Å². The van der Waals surface area contributed by atoms with E-state index in [0.29, 0.717) is 12.0 Å². The molecule has 0 aliphatic heterocycles. The van der Waals surface area contributed by atoms with Gasteiger partial charge in [0.05, 0.1) is 12.8 Å². The number of hydrogen-bond acceptors (Lipinski definition) is 3. The first-order valence-electron chi connectivity index (χ1n) is 6.63. The Morgan fingerprint density at radius 1 is 1.47 bits per heavy atom. The Morgan fingerprint density at radius 3 is 2.76 bits per heavy atom. The summed E-state index contributed by atoms with van der Waals surface area (Å²) in [5, 5.41) is 3.63. The summed E-state index contributed by atoms with van der Waals surface area (Å²) in [6.07, 6.45) is 4.45. The molecule has 1 fully saturated rings. The molecule has 0 aromatic carbocycles. The second-order valence-corrected chi connectivity index (χ2v) is 5.49. The zero-order chi connectivity index (χ0) is 12.3. The molecule has 1 aliphatic carbocycles. The van der Waals surface area contributed by atoms with Crippen LogP contribution in [0.4, 0.5) is 0 Å². The second kappa shape index (κ2) is 5.69. The molecule has 0 amide bonds. The highest BCUT2D eigenvalue weighted by atomic mass is 16.3. The van der Waals surface area contributed by atoms with E-state index in [1.807, 2.05) is 12.1 Å². The van der Waals surface area contributed by atoms with Crippen LogP contribution < -0.4 is 5.32 Å². The smallest absolute Gasteiger partial charge is 0.117 e. The largest absolute Gasteiger partial charge is 0.468 e. The Hall–Kier alpha value is -0.800. The lowest BCUT2D eigenvalue weighted by atomic mass is 10.0. The molecule has 1 N–H and O–H groups in total. The molecule has 1 aromatic rings. The van der Waals surface area contributed by atoms with E-state index in [4.69, 9.17) is 4.42 Å². The third-order valence-corrected chi connectivity index (χ3v) is 3.51. The van der Waals surface area contributed by atoms with Crippen molar-refractivity contribution < 1.29 is 4.42 Å². The van der Waals surface area contributed by atoms with Gasteiger partial charge in [-0.1, -0.05) is 13.8 Å². The highest BCUT2D eigenvalue weighted by Crippen LogP contribution is 2.20. The molecular formula is C14H24N2O. The molecule has 17 heavy (non-hydrogen) atoms. The van der Waals surface area contributed by atoms with Crippen LogP contribution in [0.5, 0.6) is 0 Å². The molecule has 0 radical (unpaired) electrons. The zero-order valence-electron chi connectivity index (χ0n) is 11.1. The minimum atomic E-state index is 0.570. The fourth-order valence-electron chi connectivity index (χ4n) is 2.24. The zero-order valence-corrected chi connectivity index (χ0v) is 11.1. The van der Waals surface area contributed by atoms with Crippen molar-refractivity contribution in [1.82, 2.24) is 10.2 Å². The lowest BCUT2D eigenvalue weighted by Crippen LogP contribution is -2.43. The van der Waals surface area contributed by atoms with E-state index < -0.39 is 0 Å². The number of nitrogens with zero attached hydrogens (tertiary/aromatic N) is 1. The molecule has 0 spiro atoms. The summed E-state index contributed by atoms with van der Waals surface area (Å²) in [6.45, 7) is 6.55. The highest BCUT2D eigenvalue weighted by Gasteiger charge is 2.25. The maximum Gasteiger partial charge on any atom is 0.117 e. The molecule has 0 saturated heterocycles. The number of likely N-dealkylation sites (N-methyl/N-ethyl adjacent to an activating group) is 1. The van der Waals surface area contributed by atoms with Crippen LogP contribution in [0.1, 0.15) is 32.4 Å². The van der Waals surface area contributed by atoms with Crippen LogP contribution in [0, 0.1) is 5.92 Å². The van der Waals surface area contributed by atoms with Crippen molar-refractivity contribution in [2.45, 2.75) is 45.3 Å². The van der Waals surface area contributed by atoms with Crippen LogP contribution in [-0.2, 0) is 6.54 Å². The van der Waals surface area contributed by atoms with Gasteiger partial charge in [0.25, 0.3) is 0 Å². The van der Waals surface area contributed by atoms with E-state index in [9.17, 15) is 0 Å². The number of furan rings is 1. The topological polar surface area (TPSA) is 28.4 Å². The van der Waals surface area contributed by atoms with E-state index in [2.05, 4.69) is 31.1 Å². The molecule has 3 nitrogen and oxygen atoms in total. The van der Waals surface area contributed by atoms with Gasteiger partial charge in [0.2, 0.25) is 0 Å². The van der Waals surface area contributed by atoms with Gasteiger partial charge < -0.3 is 9.73 Å². The van der Waals surface area contributed by atoms with Gasteiger partial charge in [0.1, 0.15) is 5.76 Å². The van der Waals surface area contributed by atoms with Crippen LogP contribution >= 0.6 is 0 Å². The summed E-state index contributed by atoms with van der Waals surface area (Å²) in [7, 11) is 2.18. The Bertz CT molecular complexity index is 317. The number of rotatable bonds is 7. The fraction of sp³-hybridized carbons (Fsp3) is 0.714. The van der Waals surface area contributed by atoms with Gasteiger partial charge in [0, 0.05) is 18.6 Å². The monoisotopic (exact) mass is 236 g/mol. The second-order valence-electron chi connectivity index (χ2n) is 5.49. The van der Waals surface area contributed by atoms with Crippen LogP contribution in [0.3, 0.4) is 0 Å². The van der Waals surface area contributed by atoms with Crippen LogP contribution in [-0.4, -0.2) is 30.6 Å². The maximum atomic E-state index is 5.41. The van der Waals surface area contributed by atoms with Gasteiger partial charge in [-0.15, -0.1) is 0 Å². The molecule has 0 bridgehead atoms. The molecule has 96 valence electrons. The first kappa shape index (κ1) is 12.7. The van der Waals surface area contributed by atoms with Gasteiger partial charge in [-0.25, -0.2) is 0 Å². The first-order valence-corrected chi connectivity index (χ1v) is 6.63. The molecule has 1 aromatic heterocycles. The van der Waals surface area contributed by atoms with Crippen molar-refractivity contribution >= 4 is 0 Å². The Balaban J connectivity index is 1.84. The van der Waals surface area contributed by atoms with Crippen molar-refractivity contribution in [3.8, 4) is 0 Å². The summed E-state index contributed by atoms with van der Waals surface area (Å²) < 4.78 is 5.41. The van der Waals surface area contributed by atoms with E-state index >= 15 is 0 Å². The summed E-state index contributed by atoms with van der Waals surface area (Å²) in [4.78, 5) is 2.39. The quantitative estimate of drug-likeness (QED) is 0.788. The molecule has 2 rings (SSSR count). The van der Waals surface area contributed by atoms with E-state index in [1.54, 1.807) is 6.26 Å².